The van der Waals surface area contributed by atoms with Gasteiger partial charge in [0, 0.05) is 24.2 Å². The van der Waals surface area contributed by atoms with Gasteiger partial charge in [-0.05, 0) is 56.5 Å². The van der Waals surface area contributed by atoms with Gasteiger partial charge in [0.05, 0.1) is 17.9 Å². The molecule has 0 spiro atoms. The van der Waals surface area contributed by atoms with Crippen molar-refractivity contribution in [3.63, 3.8) is 0 Å². The highest BCUT2D eigenvalue weighted by molar-refractivity contribution is 6.09. The second-order valence-electron chi connectivity index (χ2n) is 6.65. The van der Waals surface area contributed by atoms with Gasteiger partial charge in [0.2, 0.25) is 0 Å². The molecule has 1 aliphatic heterocycles. The van der Waals surface area contributed by atoms with Crippen LogP contribution in [-0.4, -0.2) is 42.4 Å². The van der Waals surface area contributed by atoms with Gasteiger partial charge in [-0.3, -0.25) is 9.59 Å². The number of carbonyl (C=O) groups excluding carboxylic acids is 3. The summed E-state index contributed by atoms with van der Waals surface area (Å²) in [7, 11) is 0. The molecule has 1 saturated heterocycles. The zero-order chi connectivity index (χ0) is 19.9. The molecule has 6 nitrogen and oxygen atoms in total. The molecule has 0 unspecified atom stereocenters. The Morgan fingerprint density at radius 3 is 2.43 bits per heavy atom. The number of hydrogen-bond donors (Lipinski definition) is 1. The number of nitrogens with zero attached hydrogens (tertiary/aromatic N) is 1. The van der Waals surface area contributed by atoms with Crippen LogP contribution in [0.3, 0.4) is 0 Å². The summed E-state index contributed by atoms with van der Waals surface area (Å²) < 4.78 is 5.03. The number of rotatable bonds is 5. The minimum absolute atomic E-state index is 0.0544. The molecule has 2 amide bonds. The molecular formula is C22H24N2O4. The Morgan fingerprint density at radius 1 is 0.964 bits per heavy atom. The standard InChI is InChI=1S/C22H24N2O4/c1-2-28-22(27)18-11-4-5-12-19(18)23-20(25)16-9-8-10-17(15-16)21(26)24-13-6-3-7-14-24/h4-5,8-12,15H,2-3,6-7,13-14H2,1H3,(H,23,25). The van der Waals surface area contributed by atoms with E-state index in [0.717, 1.165) is 32.4 Å². The normalized spacial score (nSPS) is 13.7. The molecule has 1 heterocycles. The number of nitrogens with one attached hydrogen (secondary N) is 1. The van der Waals surface area contributed by atoms with Crippen molar-refractivity contribution in [1.29, 1.82) is 0 Å². The first-order valence-electron chi connectivity index (χ1n) is 9.57. The minimum Gasteiger partial charge on any atom is -0.462 e. The lowest BCUT2D eigenvalue weighted by Gasteiger charge is -2.26. The van der Waals surface area contributed by atoms with E-state index < -0.39 is 5.97 Å². The third kappa shape index (κ3) is 4.57. The molecule has 146 valence electrons. The van der Waals surface area contributed by atoms with E-state index in [0.29, 0.717) is 22.4 Å². The Morgan fingerprint density at radius 2 is 1.68 bits per heavy atom. The maximum absolute atomic E-state index is 12.7. The Hall–Kier alpha value is -3.15. The Bertz CT molecular complexity index is 872. The van der Waals surface area contributed by atoms with Crippen molar-refractivity contribution in [2.75, 3.05) is 25.0 Å². The average Bonchev–Trinajstić information content (AvgIpc) is 2.74. The number of para-hydroxylation sites is 1. The third-order valence-electron chi connectivity index (χ3n) is 4.69. The molecule has 1 aliphatic rings. The zero-order valence-electron chi connectivity index (χ0n) is 15.9. The zero-order valence-corrected chi connectivity index (χ0v) is 15.9. The largest absolute Gasteiger partial charge is 0.462 e. The fourth-order valence-corrected chi connectivity index (χ4v) is 3.25. The molecule has 0 bridgehead atoms. The second kappa shape index (κ2) is 9.17. The maximum atomic E-state index is 12.7. The molecule has 28 heavy (non-hydrogen) atoms. The summed E-state index contributed by atoms with van der Waals surface area (Å²) in [4.78, 5) is 39.3. The molecular weight excluding hydrogens is 356 g/mol. The quantitative estimate of drug-likeness (QED) is 0.802. The van der Waals surface area contributed by atoms with E-state index in [9.17, 15) is 14.4 Å². The summed E-state index contributed by atoms with van der Waals surface area (Å²) in [5.74, 6) is -0.932. The molecule has 0 saturated carbocycles. The molecule has 0 aromatic heterocycles. The van der Waals surface area contributed by atoms with E-state index >= 15 is 0 Å². The van der Waals surface area contributed by atoms with Crippen LogP contribution < -0.4 is 5.32 Å². The SMILES string of the molecule is CCOC(=O)c1ccccc1NC(=O)c1cccc(C(=O)N2CCCCC2)c1. The van der Waals surface area contributed by atoms with Crippen molar-refractivity contribution in [3.05, 3.63) is 65.2 Å². The maximum Gasteiger partial charge on any atom is 0.340 e. The van der Waals surface area contributed by atoms with Crippen molar-refractivity contribution < 1.29 is 19.1 Å². The lowest BCUT2D eigenvalue weighted by Crippen LogP contribution is -2.35. The van der Waals surface area contributed by atoms with E-state index in [1.54, 1.807) is 55.5 Å². The van der Waals surface area contributed by atoms with Crippen LogP contribution in [0.5, 0.6) is 0 Å². The van der Waals surface area contributed by atoms with E-state index in [2.05, 4.69) is 5.32 Å². The van der Waals surface area contributed by atoms with Crippen LogP contribution in [-0.2, 0) is 4.74 Å². The minimum atomic E-state index is -0.493. The Kier molecular flexibility index (Phi) is 6.42. The number of esters is 1. The van der Waals surface area contributed by atoms with E-state index in [1.807, 2.05) is 4.90 Å². The van der Waals surface area contributed by atoms with Crippen molar-refractivity contribution in [1.82, 2.24) is 4.90 Å². The Labute approximate surface area is 164 Å². The highest BCUT2D eigenvalue weighted by Crippen LogP contribution is 2.19. The molecule has 6 heteroatoms. The lowest BCUT2D eigenvalue weighted by atomic mass is 10.1. The van der Waals surface area contributed by atoms with Crippen LogP contribution in [0, 0.1) is 0 Å². The lowest BCUT2D eigenvalue weighted by molar-refractivity contribution is 0.0527. The summed E-state index contributed by atoms with van der Waals surface area (Å²) in [5, 5.41) is 2.75. The van der Waals surface area contributed by atoms with E-state index in [4.69, 9.17) is 4.74 Å². The second-order valence-corrected chi connectivity index (χ2v) is 6.65. The van der Waals surface area contributed by atoms with Crippen LogP contribution in [0.1, 0.15) is 57.3 Å². The van der Waals surface area contributed by atoms with Crippen LogP contribution in [0.2, 0.25) is 0 Å². The summed E-state index contributed by atoms with van der Waals surface area (Å²) >= 11 is 0. The smallest absolute Gasteiger partial charge is 0.340 e. The number of amides is 2. The average molecular weight is 380 g/mol. The summed E-state index contributed by atoms with van der Waals surface area (Å²) in [6.07, 6.45) is 3.17. The fraction of sp³-hybridized carbons (Fsp3) is 0.318. The first-order chi connectivity index (χ1) is 13.6. The molecule has 1 N–H and O–H groups in total. The van der Waals surface area contributed by atoms with Gasteiger partial charge in [-0.1, -0.05) is 18.2 Å². The number of likely N-dealkylation sites (tertiary alicyclic amines) is 1. The first kappa shape index (κ1) is 19.6. The van der Waals surface area contributed by atoms with Crippen LogP contribution >= 0.6 is 0 Å². The molecule has 1 fully saturated rings. The van der Waals surface area contributed by atoms with Crippen molar-refractivity contribution >= 4 is 23.5 Å². The highest BCUT2D eigenvalue weighted by Gasteiger charge is 2.20. The summed E-state index contributed by atoms with van der Waals surface area (Å²) in [6.45, 7) is 3.48. The van der Waals surface area contributed by atoms with Crippen molar-refractivity contribution in [2.24, 2.45) is 0 Å². The van der Waals surface area contributed by atoms with Gasteiger partial charge < -0.3 is 15.0 Å². The Balaban J connectivity index is 1.77. The predicted molar refractivity (Wildman–Crippen MR) is 107 cm³/mol. The van der Waals surface area contributed by atoms with Gasteiger partial charge >= 0.3 is 5.97 Å². The van der Waals surface area contributed by atoms with Crippen molar-refractivity contribution in [3.8, 4) is 0 Å². The van der Waals surface area contributed by atoms with Gasteiger partial charge in [-0.15, -0.1) is 0 Å². The van der Waals surface area contributed by atoms with Gasteiger partial charge in [-0.25, -0.2) is 4.79 Å². The number of hydrogen-bond acceptors (Lipinski definition) is 4. The highest BCUT2D eigenvalue weighted by atomic mass is 16.5. The van der Waals surface area contributed by atoms with Gasteiger partial charge in [0.25, 0.3) is 11.8 Å². The number of ether oxygens (including phenoxy) is 1. The van der Waals surface area contributed by atoms with Crippen LogP contribution in [0.25, 0.3) is 0 Å². The number of benzene rings is 2. The van der Waals surface area contributed by atoms with Crippen LogP contribution in [0.15, 0.2) is 48.5 Å². The van der Waals surface area contributed by atoms with Crippen LogP contribution in [0.4, 0.5) is 5.69 Å². The van der Waals surface area contributed by atoms with E-state index in [-0.39, 0.29) is 18.4 Å². The van der Waals surface area contributed by atoms with Gasteiger partial charge in [0.15, 0.2) is 0 Å². The fourth-order valence-electron chi connectivity index (χ4n) is 3.25. The number of anilines is 1. The number of piperidine rings is 1. The monoisotopic (exact) mass is 380 g/mol. The van der Waals surface area contributed by atoms with Gasteiger partial charge in [0.1, 0.15) is 0 Å². The molecule has 2 aromatic rings. The summed E-state index contributed by atoms with van der Waals surface area (Å²) in [5.41, 5.74) is 1.52. The first-order valence-corrected chi connectivity index (χ1v) is 9.57. The summed E-state index contributed by atoms with van der Waals surface area (Å²) in [6, 6.07) is 13.4. The third-order valence-corrected chi connectivity index (χ3v) is 4.69. The predicted octanol–water partition coefficient (Wildman–Crippen LogP) is 3.74. The van der Waals surface area contributed by atoms with Crippen molar-refractivity contribution in [2.45, 2.75) is 26.2 Å². The molecule has 0 atom stereocenters. The topological polar surface area (TPSA) is 75.7 Å². The van der Waals surface area contributed by atoms with Gasteiger partial charge in [-0.2, -0.15) is 0 Å². The molecule has 0 radical (unpaired) electrons. The van der Waals surface area contributed by atoms with E-state index in [1.165, 1.54) is 0 Å². The number of carbonyl (C=O) groups is 3. The molecule has 3 rings (SSSR count). The molecule has 2 aromatic carbocycles. The molecule has 0 aliphatic carbocycles.